The molecule has 0 heterocycles. The molecule has 1 aromatic carbocycles. The van der Waals surface area contributed by atoms with E-state index in [0.29, 0.717) is 16.6 Å². The molecule has 15 heavy (non-hydrogen) atoms. The van der Waals surface area contributed by atoms with Crippen LogP contribution in [0.1, 0.15) is 12.5 Å². The van der Waals surface area contributed by atoms with Gasteiger partial charge in [-0.3, -0.25) is 4.79 Å². The minimum atomic E-state index is -0.136. The van der Waals surface area contributed by atoms with Crippen LogP contribution in [-0.4, -0.2) is 12.5 Å². The van der Waals surface area contributed by atoms with Crippen molar-refractivity contribution < 1.29 is 4.79 Å². The van der Waals surface area contributed by atoms with E-state index in [0.717, 1.165) is 5.56 Å². The Morgan fingerprint density at radius 1 is 1.47 bits per heavy atom. The molecular weight excluding hydrogens is 233 g/mol. The van der Waals surface area contributed by atoms with Gasteiger partial charge in [-0.05, 0) is 30.7 Å². The molecule has 0 aliphatic rings. The van der Waals surface area contributed by atoms with Gasteiger partial charge < -0.3 is 5.32 Å². The van der Waals surface area contributed by atoms with Gasteiger partial charge in [0.1, 0.15) is 0 Å². The smallest absolute Gasteiger partial charge is 0.243 e. The van der Waals surface area contributed by atoms with Crippen LogP contribution in [0.2, 0.25) is 10.0 Å². The average molecular weight is 244 g/mol. The van der Waals surface area contributed by atoms with Crippen LogP contribution in [0.15, 0.2) is 24.3 Å². The lowest BCUT2D eigenvalue weighted by Gasteiger charge is -1.99. The number of carbonyl (C=O) groups excluding carboxylic acids is 1. The Morgan fingerprint density at radius 2 is 2.20 bits per heavy atom. The summed E-state index contributed by atoms with van der Waals surface area (Å²) in [6.07, 6.45) is 3.10. The first-order valence-corrected chi connectivity index (χ1v) is 5.30. The topological polar surface area (TPSA) is 29.1 Å². The molecule has 0 saturated heterocycles. The number of carbonyl (C=O) groups is 1. The van der Waals surface area contributed by atoms with Crippen molar-refractivity contribution in [2.45, 2.75) is 6.92 Å². The van der Waals surface area contributed by atoms with Crippen LogP contribution < -0.4 is 5.32 Å². The van der Waals surface area contributed by atoms with Gasteiger partial charge in [0.25, 0.3) is 0 Å². The molecule has 0 saturated carbocycles. The number of hydrogen-bond donors (Lipinski definition) is 1. The number of likely N-dealkylation sites (N-methyl/N-ethyl adjacent to an activating group) is 1. The zero-order valence-corrected chi connectivity index (χ0v) is 9.77. The Hall–Kier alpha value is -0.990. The molecule has 1 amide bonds. The van der Waals surface area contributed by atoms with Gasteiger partial charge in [0.15, 0.2) is 0 Å². The Balaban J connectivity index is 2.76. The van der Waals surface area contributed by atoms with E-state index >= 15 is 0 Å². The normalized spacial score (nSPS) is 10.6. The van der Waals surface area contributed by atoms with E-state index in [2.05, 4.69) is 5.32 Å². The summed E-state index contributed by atoms with van der Waals surface area (Å²) in [7, 11) is 0. The zero-order valence-electron chi connectivity index (χ0n) is 8.26. The molecule has 0 atom stereocenters. The van der Waals surface area contributed by atoms with Gasteiger partial charge in [0.05, 0.1) is 0 Å². The molecule has 0 aliphatic carbocycles. The molecule has 0 spiro atoms. The second-order valence-electron chi connectivity index (χ2n) is 2.89. The third-order valence-corrected chi connectivity index (χ3v) is 2.29. The molecule has 0 radical (unpaired) electrons. The highest BCUT2D eigenvalue weighted by Crippen LogP contribution is 2.21. The van der Waals surface area contributed by atoms with Crippen molar-refractivity contribution in [3.63, 3.8) is 0 Å². The second kappa shape index (κ2) is 5.79. The quantitative estimate of drug-likeness (QED) is 0.813. The first kappa shape index (κ1) is 12.1. The molecule has 2 nitrogen and oxygen atoms in total. The maximum absolute atomic E-state index is 11.1. The van der Waals surface area contributed by atoms with Gasteiger partial charge >= 0.3 is 0 Å². The monoisotopic (exact) mass is 243 g/mol. The average Bonchev–Trinajstić information content (AvgIpc) is 2.17. The van der Waals surface area contributed by atoms with Crippen molar-refractivity contribution >= 4 is 35.2 Å². The third kappa shape index (κ3) is 3.94. The Kier molecular flexibility index (Phi) is 4.66. The predicted molar refractivity (Wildman–Crippen MR) is 64.2 cm³/mol. The lowest BCUT2D eigenvalue weighted by molar-refractivity contribution is -0.116. The Morgan fingerprint density at radius 3 is 2.80 bits per heavy atom. The molecule has 4 heteroatoms. The number of halogens is 2. The highest BCUT2D eigenvalue weighted by atomic mass is 35.5. The van der Waals surface area contributed by atoms with Gasteiger partial charge in [-0.1, -0.05) is 29.3 Å². The Labute approximate surface area is 98.9 Å². The summed E-state index contributed by atoms with van der Waals surface area (Å²) in [4.78, 5) is 11.1. The maximum atomic E-state index is 11.1. The highest BCUT2D eigenvalue weighted by molar-refractivity contribution is 6.35. The van der Waals surface area contributed by atoms with Crippen LogP contribution >= 0.6 is 23.2 Å². The number of hydrogen-bond acceptors (Lipinski definition) is 1. The largest absolute Gasteiger partial charge is 0.353 e. The molecule has 0 aliphatic heterocycles. The number of nitrogens with one attached hydrogen (secondary N) is 1. The van der Waals surface area contributed by atoms with Crippen LogP contribution in [0.25, 0.3) is 6.08 Å². The molecular formula is C11H11Cl2NO. The van der Waals surface area contributed by atoms with Crippen LogP contribution in [0.4, 0.5) is 0 Å². The van der Waals surface area contributed by atoms with Crippen LogP contribution in [-0.2, 0) is 4.79 Å². The van der Waals surface area contributed by atoms with E-state index in [1.165, 1.54) is 6.08 Å². The fourth-order valence-electron chi connectivity index (χ4n) is 1.04. The SMILES string of the molecule is CCNC(=O)/C=C\c1ccc(Cl)cc1Cl. The maximum Gasteiger partial charge on any atom is 0.243 e. The first-order chi connectivity index (χ1) is 7.13. The third-order valence-electron chi connectivity index (χ3n) is 1.73. The van der Waals surface area contributed by atoms with Crippen molar-refractivity contribution in [1.29, 1.82) is 0 Å². The van der Waals surface area contributed by atoms with E-state index in [1.54, 1.807) is 24.3 Å². The summed E-state index contributed by atoms with van der Waals surface area (Å²) in [5, 5.41) is 3.76. The van der Waals surface area contributed by atoms with Crippen LogP contribution in [0.3, 0.4) is 0 Å². The fraction of sp³-hybridized carbons (Fsp3) is 0.182. The first-order valence-electron chi connectivity index (χ1n) is 4.54. The number of benzene rings is 1. The molecule has 0 aromatic heterocycles. The van der Waals surface area contributed by atoms with Crippen molar-refractivity contribution in [3.8, 4) is 0 Å². The number of rotatable bonds is 3. The molecule has 1 N–H and O–H groups in total. The van der Waals surface area contributed by atoms with Crippen molar-refractivity contribution in [2.24, 2.45) is 0 Å². The summed E-state index contributed by atoms with van der Waals surface area (Å²) in [6.45, 7) is 2.47. The summed E-state index contributed by atoms with van der Waals surface area (Å²) >= 11 is 11.7. The van der Waals surface area contributed by atoms with Crippen LogP contribution in [0.5, 0.6) is 0 Å². The molecule has 0 unspecified atom stereocenters. The molecule has 80 valence electrons. The summed E-state index contributed by atoms with van der Waals surface area (Å²) in [5.41, 5.74) is 0.771. The van der Waals surface area contributed by atoms with E-state index in [9.17, 15) is 4.79 Å². The van der Waals surface area contributed by atoms with Gasteiger partial charge in [-0.2, -0.15) is 0 Å². The van der Waals surface area contributed by atoms with Crippen molar-refractivity contribution in [3.05, 3.63) is 39.9 Å². The minimum Gasteiger partial charge on any atom is -0.353 e. The highest BCUT2D eigenvalue weighted by Gasteiger charge is 1.98. The van der Waals surface area contributed by atoms with Gasteiger partial charge in [-0.15, -0.1) is 0 Å². The summed E-state index contributed by atoms with van der Waals surface area (Å²) in [5.74, 6) is -0.136. The minimum absolute atomic E-state index is 0.136. The van der Waals surface area contributed by atoms with Crippen LogP contribution in [0, 0.1) is 0 Å². The van der Waals surface area contributed by atoms with Gasteiger partial charge in [0, 0.05) is 22.7 Å². The number of amides is 1. The summed E-state index contributed by atoms with van der Waals surface area (Å²) < 4.78 is 0. The molecule has 0 fully saturated rings. The Bertz CT molecular complexity index is 388. The van der Waals surface area contributed by atoms with E-state index in [1.807, 2.05) is 6.92 Å². The summed E-state index contributed by atoms with van der Waals surface area (Å²) in [6, 6.07) is 5.13. The molecule has 1 rings (SSSR count). The van der Waals surface area contributed by atoms with Crippen molar-refractivity contribution in [2.75, 3.05) is 6.54 Å². The zero-order chi connectivity index (χ0) is 11.3. The molecule has 1 aromatic rings. The van der Waals surface area contributed by atoms with Gasteiger partial charge in [-0.25, -0.2) is 0 Å². The van der Waals surface area contributed by atoms with Gasteiger partial charge in [0.2, 0.25) is 5.91 Å². The standard InChI is InChI=1S/C11H11Cl2NO/c1-2-14-11(15)6-4-8-3-5-9(12)7-10(8)13/h3-7H,2H2,1H3,(H,14,15)/b6-4-. The van der Waals surface area contributed by atoms with E-state index in [4.69, 9.17) is 23.2 Å². The molecule has 0 bridgehead atoms. The lowest BCUT2D eigenvalue weighted by Crippen LogP contribution is -2.19. The second-order valence-corrected chi connectivity index (χ2v) is 3.74. The van der Waals surface area contributed by atoms with E-state index < -0.39 is 0 Å². The predicted octanol–water partition coefficient (Wildman–Crippen LogP) is 3.14. The fourth-order valence-corrected chi connectivity index (χ4v) is 1.51. The van der Waals surface area contributed by atoms with E-state index in [-0.39, 0.29) is 5.91 Å². The lowest BCUT2D eigenvalue weighted by atomic mass is 10.2. The van der Waals surface area contributed by atoms with Crippen molar-refractivity contribution in [1.82, 2.24) is 5.32 Å².